The molecule has 1 heterocycles. The Morgan fingerprint density at radius 1 is 1.28 bits per heavy atom. The maximum Gasteiger partial charge on any atom is 0.271 e. The number of hydrogen-bond donors (Lipinski definition) is 0. The minimum atomic E-state index is -3.37. The third kappa shape index (κ3) is 0.913. The average Bonchev–Trinajstić information content (AvgIpc) is 2.75. The summed E-state index contributed by atoms with van der Waals surface area (Å²) < 4.78 is 29.9. The maximum absolute atomic E-state index is 12.3. The van der Waals surface area contributed by atoms with E-state index in [-0.39, 0.29) is 21.5 Å². The van der Waals surface area contributed by atoms with Gasteiger partial charge in [0.25, 0.3) is 10.1 Å². The van der Waals surface area contributed by atoms with Crippen molar-refractivity contribution in [2.75, 3.05) is 6.61 Å². The molecule has 1 saturated heterocycles. The van der Waals surface area contributed by atoms with Gasteiger partial charge in [0.2, 0.25) is 0 Å². The van der Waals surface area contributed by atoms with E-state index >= 15 is 0 Å². The van der Waals surface area contributed by atoms with E-state index in [2.05, 4.69) is 26.0 Å². The van der Waals surface area contributed by atoms with Gasteiger partial charge < -0.3 is 0 Å². The highest BCUT2D eigenvalue weighted by molar-refractivity contribution is 7.87. The third-order valence-corrected chi connectivity index (χ3v) is 8.35. The van der Waals surface area contributed by atoms with E-state index in [0.29, 0.717) is 12.5 Å². The molecule has 4 aliphatic rings. The minimum absolute atomic E-state index is 0.00225. The van der Waals surface area contributed by atoms with Gasteiger partial charge in [-0.2, -0.15) is 8.42 Å². The lowest BCUT2D eigenvalue weighted by atomic mass is 9.48. The lowest BCUT2D eigenvalue weighted by Gasteiger charge is -2.60. The molecular weight excluding hydrogens is 248 g/mol. The fourth-order valence-electron chi connectivity index (χ4n) is 5.76. The highest BCUT2D eigenvalue weighted by Crippen LogP contribution is 2.76. The lowest BCUT2D eigenvalue weighted by Crippen LogP contribution is -2.61. The summed E-state index contributed by atoms with van der Waals surface area (Å²) >= 11 is 0. The van der Waals surface area contributed by atoms with Crippen LogP contribution in [-0.4, -0.2) is 20.3 Å². The zero-order valence-corrected chi connectivity index (χ0v) is 11.8. The van der Waals surface area contributed by atoms with Gasteiger partial charge in [-0.1, -0.05) is 32.4 Å². The summed E-state index contributed by atoms with van der Waals surface area (Å²) in [7, 11) is -3.37. The van der Waals surface area contributed by atoms with Gasteiger partial charge in [0.05, 0.1) is 11.9 Å². The zero-order chi connectivity index (χ0) is 12.8. The Kier molecular flexibility index (Phi) is 1.83. The largest absolute Gasteiger partial charge is 0.271 e. The quantitative estimate of drug-likeness (QED) is 0.501. The van der Waals surface area contributed by atoms with Crippen LogP contribution in [0, 0.1) is 22.2 Å². The number of hydrogen-bond acceptors (Lipinski definition) is 3. The number of rotatable bonds is 0. The van der Waals surface area contributed by atoms with Crippen molar-refractivity contribution in [1.29, 1.82) is 0 Å². The van der Waals surface area contributed by atoms with Crippen LogP contribution < -0.4 is 0 Å². The molecule has 2 bridgehead atoms. The molecule has 3 aliphatic carbocycles. The van der Waals surface area contributed by atoms with Crippen LogP contribution in [0.15, 0.2) is 12.2 Å². The predicted octanol–water partition coefficient (Wildman–Crippen LogP) is 2.49. The van der Waals surface area contributed by atoms with Crippen molar-refractivity contribution in [1.82, 2.24) is 0 Å². The van der Waals surface area contributed by atoms with Crippen molar-refractivity contribution < 1.29 is 12.6 Å². The van der Waals surface area contributed by atoms with Gasteiger partial charge in [0.1, 0.15) is 0 Å². The fraction of sp³-hybridized carbons (Fsp3) is 0.857. The average molecular weight is 268 g/mol. The van der Waals surface area contributed by atoms with Gasteiger partial charge in [-0.15, -0.1) is 0 Å². The van der Waals surface area contributed by atoms with Crippen LogP contribution in [-0.2, 0) is 14.3 Å². The van der Waals surface area contributed by atoms with Crippen LogP contribution in [0.5, 0.6) is 0 Å². The Labute approximate surface area is 109 Å². The van der Waals surface area contributed by atoms with Crippen molar-refractivity contribution in [3.8, 4) is 0 Å². The first-order chi connectivity index (χ1) is 8.36. The molecule has 0 aromatic carbocycles. The van der Waals surface area contributed by atoms with Crippen LogP contribution in [0.3, 0.4) is 0 Å². The van der Waals surface area contributed by atoms with Crippen LogP contribution >= 0.6 is 0 Å². The molecule has 2 saturated carbocycles. The monoisotopic (exact) mass is 268 g/mol. The van der Waals surface area contributed by atoms with Gasteiger partial charge in [-0.3, -0.25) is 4.18 Å². The minimum Gasteiger partial charge on any atom is -0.269 e. The highest BCUT2D eigenvalue weighted by Gasteiger charge is 2.75. The Morgan fingerprint density at radius 3 is 2.83 bits per heavy atom. The molecular formula is C14H20O3S. The third-order valence-electron chi connectivity index (χ3n) is 6.64. The van der Waals surface area contributed by atoms with E-state index in [1.165, 1.54) is 6.42 Å². The Hall–Kier alpha value is -0.350. The van der Waals surface area contributed by atoms with Crippen LogP contribution in [0.2, 0.25) is 0 Å². The molecule has 0 amide bonds. The van der Waals surface area contributed by atoms with E-state index in [1.54, 1.807) is 0 Å². The van der Waals surface area contributed by atoms with Crippen molar-refractivity contribution in [2.24, 2.45) is 22.2 Å². The van der Waals surface area contributed by atoms with E-state index in [0.717, 1.165) is 19.3 Å². The zero-order valence-electron chi connectivity index (χ0n) is 11.0. The molecule has 4 heteroatoms. The molecule has 3 nitrogen and oxygen atoms in total. The van der Waals surface area contributed by atoms with Crippen molar-refractivity contribution in [3.63, 3.8) is 0 Å². The second-order valence-electron chi connectivity index (χ2n) is 7.15. The first-order valence-electron chi connectivity index (χ1n) is 6.93. The molecule has 0 radical (unpaired) electrons. The first-order valence-corrected chi connectivity index (χ1v) is 8.41. The van der Waals surface area contributed by atoms with Gasteiger partial charge in [-0.05, 0) is 30.6 Å². The fourth-order valence-corrected chi connectivity index (χ4v) is 7.88. The molecule has 0 aromatic heterocycles. The molecule has 1 aliphatic heterocycles. The van der Waals surface area contributed by atoms with Gasteiger partial charge in [-0.25, -0.2) is 0 Å². The topological polar surface area (TPSA) is 43.4 Å². The molecule has 1 spiro atoms. The number of allylic oxidation sites excluding steroid dienone is 2. The molecule has 0 unspecified atom stereocenters. The maximum atomic E-state index is 12.3. The Bertz CT molecular complexity index is 551. The molecule has 3 fully saturated rings. The molecule has 4 rings (SSSR count). The van der Waals surface area contributed by atoms with Crippen molar-refractivity contribution >= 4 is 10.1 Å². The summed E-state index contributed by atoms with van der Waals surface area (Å²) in [5.41, 5.74) is -0.0285. The Balaban J connectivity index is 2.02. The second-order valence-corrected chi connectivity index (χ2v) is 8.94. The summed E-state index contributed by atoms with van der Waals surface area (Å²) in [6.07, 6.45) is 8.76. The summed E-state index contributed by atoms with van der Waals surface area (Å²) in [6.45, 7) is 4.93. The lowest BCUT2D eigenvalue weighted by molar-refractivity contribution is -0.0880. The molecule has 18 heavy (non-hydrogen) atoms. The summed E-state index contributed by atoms with van der Waals surface area (Å²) in [4.78, 5) is 0. The van der Waals surface area contributed by atoms with Crippen molar-refractivity contribution in [3.05, 3.63) is 12.2 Å². The highest BCUT2D eigenvalue weighted by atomic mass is 32.2. The van der Waals surface area contributed by atoms with E-state index < -0.39 is 10.1 Å². The van der Waals surface area contributed by atoms with Gasteiger partial charge in [0, 0.05) is 10.8 Å². The van der Waals surface area contributed by atoms with Gasteiger partial charge >= 0.3 is 0 Å². The van der Waals surface area contributed by atoms with Crippen LogP contribution in [0.4, 0.5) is 0 Å². The SMILES string of the molecule is C[C@@]12CCC[C@]3(C)[C@H]4C=C[C@@]13[C@H](C4)S(=O)(=O)OC2. The molecule has 0 aromatic rings. The Morgan fingerprint density at radius 2 is 2.06 bits per heavy atom. The van der Waals surface area contributed by atoms with Crippen LogP contribution in [0.25, 0.3) is 0 Å². The van der Waals surface area contributed by atoms with E-state index in [4.69, 9.17) is 4.18 Å². The summed E-state index contributed by atoms with van der Waals surface area (Å²) in [6, 6.07) is 0. The summed E-state index contributed by atoms with van der Waals surface area (Å²) in [5, 5.41) is -0.302. The van der Waals surface area contributed by atoms with Crippen LogP contribution in [0.1, 0.15) is 39.5 Å². The molecule has 5 atom stereocenters. The first kappa shape index (κ1) is 11.5. The smallest absolute Gasteiger partial charge is 0.269 e. The van der Waals surface area contributed by atoms with Gasteiger partial charge in [0.15, 0.2) is 0 Å². The predicted molar refractivity (Wildman–Crippen MR) is 68.4 cm³/mol. The second kappa shape index (κ2) is 2.88. The molecule has 100 valence electrons. The standard InChI is InChI=1S/C14H20O3S/c1-12-5-3-6-13(2)10-4-7-14(12,13)11(8-10)18(15,16)17-9-12/h4,7,10-11H,3,5-6,8-9H2,1-2H3/t10-,11-,12-,13+,14+/m0/s1. The summed E-state index contributed by atoms with van der Waals surface area (Å²) in [5.74, 6) is 0.429. The van der Waals surface area contributed by atoms with E-state index in [1.807, 2.05) is 0 Å². The van der Waals surface area contributed by atoms with Crippen molar-refractivity contribution in [2.45, 2.75) is 44.8 Å². The van der Waals surface area contributed by atoms with E-state index in [9.17, 15) is 8.42 Å². The molecule has 0 N–H and O–H groups in total. The normalized spacial score (nSPS) is 59.7.